The number of nitrogens with one attached hydrogen (secondary N) is 2. The molecule has 0 atom stereocenters. The number of hydrogen-bond donors (Lipinski definition) is 2. The molecule has 152 valence electrons. The second-order valence-corrected chi connectivity index (χ2v) is 8.21. The fraction of sp³-hybridized carbons (Fsp3) is 0.417. The molecular weight excluding hydrogens is 362 g/mol. The first kappa shape index (κ1) is 19.5. The van der Waals surface area contributed by atoms with E-state index in [1.807, 2.05) is 41.3 Å². The van der Waals surface area contributed by atoms with Crippen molar-refractivity contribution in [2.45, 2.75) is 51.6 Å². The molecule has 2 N–H and O–H groups in total. The normalized spacial score (nSPS) is 15.9. The summed E-state index contributed by atoms with van der Waals surface area (Å²) in [6.45, 7) is 1.96. The van der Waals surface area contributed by atoms with Gasteiger partial charge in [-0.25, -0.2) is 4.79 Å². The smallest absolute Gasteiger partial charge is 0.322 e. The van der Waals surface area contributed by atoms with Crippen molar-refractivity contribution in [3.8, 4) is 0 Å². The highest BCUT2D eigenvalue weighted by atomic mass is 16.2. The van der Waals surface area contributed by atoms with Crippen molar-refractivity contribution in [1.29, 1.82) is 0 Å². The van der Waals surface area contributed by atoms with Crippen LogP contribution in [0.2, 0.25) is 0 Å². The molecule has 2 aromatic rings. The van der Waals surface area contributed by atoms with Crippen LogP contribution < -0.4 is 10.6 Å². The molecule has 2 aliphatic rings. The van der Waals surface area contributed by atoms with Gasteiger partial charge in [-0.2, -0.15) is 0 Å². The first-order valence-electron chi connectivity index (χ1n) is 10.7. The summed E-state index contributed by atoms with van der Waals surface area (Å²) in [5.74, 6) is 0.758. The van der Waals surface area contributed by atoms with E-state index >= 15 is 0 Å². The van der Waals surface area contributed by atoms with Gasteiger partial charge in [0.1, 0.15) is 0 Å². The highest BCUT2D eigenvalue weighted by Crippen LogP contribution is 2.27. The number of hydrogen-bond acceptors (Lipinski definition) is 2. The van der Waals surface area contributed by atoms with Crippen LogP contribution >= 0.6 is 0 Å². The zero-order valence-corrected chi connectivity index (χ0v) is 16.8. The Kier molecular flexibility index (Phi) is 6.13. The fourth-order valence-electron chi connectivity index (χ4n) is 4.33. The number of anilines is 1. The molecule has 5 nitrogen and oxygen atoms in total. The summed E-state index contributed by atoms with van der Waals surface area (Å²) in [5.41, 5.74) is 4.37. The topological polar surface area (TPSA) is 61.4 Å². The third-order valence-electron chi connectivity index (χ3n) is 6.02. The molecule has 1 aliphatic heterocycles. The summed E-state index contributed by atoms with van der Waals surface area (Å²) in [6.07, 6.45) is 6.41. The van der Waals surface area contributed by atoms with E-state index in [2.05, 4.69) is 22.8 Å². The van der Waals surface area contributed by atoms with Gasteiger partial charge in [0.25, 0.3) is 0 Å². The fourth-order valence-corrected chi connectivity index (χ4v) is 4.33. The standard InChI is InChI=1S/C24H29N3O2/c28-23(15-19-5-1-2-6-19)25-14-13-18-9-11-22(12-10-18)26-24(29)27-16-20-7-3-4-8-21(20)17-27/h3-4,7-12,19H,1-2,5-6,13-17H2,(H,25,28)(H,26,29). The maximum Gasteiger partial charge on any atom is 0.322 e. The van der Waals surface area contributed by atoms with E-state index < -0.39 is 0 Å². The third-order valence-corrected chi connectivity index (χ3v) is 6.02. The molecule has 1 fully saturated rings. The van der Waals surface area contributed by atoms with E-state index in [4.69, 9.17) is 0 Å². The van der Waals surface area contributed by atoms with Crippen LogP contribution in [0, 0.1) is 5.92 Å². The number of urea groups is 1. The zero-order chi connectivity index (χ0) is 20.1. The maximum atomic E-state index is 12.5. The van der Waals surface area contributed by atoms with Crippen LogP contribution in [0.3, 0.4) is 0 Å². The van der Waals surface area contributed by atoms with E-state index in [1.165, 1.54) is 36.8 Å². The number of carbonyl (C=O) groups is 2. The molecule has 0 saturated heterocycles. The Morgan fingerprint density at radius 3 is 2.24 bits per heavy atom. The Morgan fingerprint density at radius 1 is 0.931 bits per heavy atom. The van der Waals surface area contributed by atoms with Crippen molar-refractivity contribution in [2.24, 2.45) is 5.92 Å². The van der Waals surface area contributed by atoms with Crippen LogP contribution in [0.25, 0.3) is 0 Å². The lowest BCUT2D eigenvalue weighted by Gasteiger charge is -2.16. The SMILES string of the molecule is O=C(CC1CCCC1)NCCc1ccc(NC(=O)N2Cc3ccccc3C2)cc1. The number of rotatable bonds is 6. The molecule has 4 rings (SSSR count). The van der Waals surface area contributed by atoms with Crippen LogP contribution in [0.5, 0.6) is 0 Å². The van der Waals surface area contributed by atoms with Crippen molar-refractivity contribution in [1.82, 2.24) is 10.2 Å². The summed E-state index contributed by atoms with van der Waals surface area (Å²) in [7, 11) is 0. The predicted molar refractivity (Wildman–Crippen MR) is 114 cm³/mol. The molecule has 5 heteroatoms. The minimum absolute atomic E-state index is 0.0758. The Morgan fingerprint density at radius 2 is 1.59 bits per heavy atom. The van der Waals surface area contributed by atoms with Crippen LogP contribution in [0.1, 0.15) is 48.8 Å². The van der Waals surface area contributed by atoms with Crippen LogP contribution in [-0.4, -0.2) is 23.4 Å². The second-order valence-electron chi connectivity index (χ2n) is 8.21. The molecule has 0 spiro atoms. The van der Waals surface area contributed by atoms with Gasteiger partial charge in [-0.15, -0.1) is 0 Å². The molecule has 0 unspecified atom stereocenters. The van der Waals surface area contributed by atoms with Gasteiger partial charge in [0.2, 0.25) is 5.91 Å². The van der Waals surface area contributed by atoms with Gasteiger partial charge in [0.05, 0.1) is 0 Å². The Bertz CT molecular complexity index is 832. The lowest BCUT2D eigenvalue weighted by molar-refractivity contribution is -0.121. The summed E-state index contributed by atoms with van der Waals surface area (Å²) in [6, 6.07) is 16.0. The van der Waals surface area contributed by atoms with Gasteiger partial charge in [-0.05, 0) is 54.0 Å². The average molecular weight is 392 g/mol. The predicted octanol–water partition coefficient (Wildman–Crippen LogP) is 4.47. The van der Waals surface area contributed by atoms with Crippen molar-refractivity contribution in [2.75, 3.05) is 11.9 Å². The van der Waals surface area contributed by atoms with Crippen molar-refractivity contribution in [3.05, 3.63) is 65.2 Å². The molecule has 2 aromatic carbocycles. The average Bonchev–Trinajstić information content (AvgIpc) is 3.39. The number of amides is 3. The second kappa shape index (κ2) is 9.12. The quantitative estimate of drug-likeness (QED) is 0.763. The molecular formula is C24H29N3O2. The summed E-state index contributed by atoms with van der Waals surface area (Å²) >= 11 is 0. The van der Waals surface area contributed by atoms with Crippen molar-refractivity contribution in [3.63, 3.8) is 0 Å². The van der Waals surface area contributed by atoms with Gasteiger partial charge in [-0.3, -0.25) is 4.79 Å². The monoisotopic (exact) mass is 391 g/mol. The van der Waals surface area contributed by atoms with E-state index in [0.717, 1.165) is 17.7 Å². The molecule has 0 radical (unpaired) electrons. The number of carbonyl (C=O) groups excluding carboxylic acids is 2. The zero-order valence-electron chi connectivity index (χ0n) is 16.8. The van der Waals surface area contributed by atoms with Gasteiger partial charge in [0.15, 0.2) is 0 Å². The summed E-state index contributed by atoms with van der Waals surface area (Å²) < 4.78 is 0. The molecule has 1 saturated carbocycles. The van der Waals surface area contributed by atoms with Crippen molar-refractivity contribution < 1.29 is 9.59 Å². The Labute approximate surface area is 172 Å². The van der Waals surface area contributed by atoms with E-state index in [0.29, 0.717) is 32.0 Å². The number of benzene rings is 2. The third kappa shape index (κ3) is 5.17. The minimum atomic E-state index is -0.0758. The first-order chi connectivity index (χ1) is 14.2. The van der Waals surface area contributed by atoms with Gasteiger partial charge in [-0.1, -0.05) is 49.2 Å². The lowest BCUT2D eigenvalue weighted by Crippen LogP contribution is -2.30. The maximum absolute atomic E-state index is 12.5. The minimum Gasteiger partial charge on any atom is -0.356 e. The number of nitrogens with zero attached hydrogens (tertiary/aromatic N) is 1. The molecule has 29 heavy (non-hydrogen) atoms. The van der Waals surface area contributed by atoms with Gasteiger partial charge in [0, 0.05) is 31.7 Å². The molecule has 1 heterocycles. The van der Waals surface area contributed by atoms with E-state index in [-0.39, 0.29) is 11.9 Å². The van der Waals surface area contributed by atoms with E-state index in [1.54, 1.807) is 0 Å². The Balaban J connectivity index is 1.20. The van der Waals surface area contributed by atoms with E-state index in [9.17, 15) is 9.59 Å². The molecule has 3 amide bonds. The van der Waals surface area contributed by atoms with Crippen LogP contribution in [0.4, 0.5) is 10.5 Å². The highest BCUT2D eigenvalue weighted by molar-refractivity contribution is 5.89. The molecule has 0 bridgehead atoms. The van der Waals surface area contributed by atoms with Crippen LogP contribution in [-0.2, 0) is 24.3 Å². The van der Waals surface area contributed by atoms with Gasteiger partial charge < -0.3 is 15.5 Å². The number of fused-ring (bicyclic) bond motifs is 1. The summed E-state index contributed by atoms with van der Waals surface area (Å²) in [4.78, 5) is 26.4. The lowest BCUT2D eigenvalue weighted by atomic mass is 10.0. The largest absolute Gasteiger partial charge is 0.356 e. The molecule has 1 aliphatic carbocycles. The Hall–Kier alpha value is -2.82. The highest BCUT2D eigenvalue weighted by Gasteiger charge is 2.22. The molecule has 0 aromatic heterocycles. The van der Waals surface area contributed by atoms with Gasteiger partial charge >= 0.3 is 6.03 Å². The first-order valence-corrected chi connectivity index (χ1v) is 10.7. The summed E-state index contributed by atoms with van der Waals surface area (Å²) in [5, 5.41) is 6.01. The van der Waals surface area contributed by atoms with Crippen LogP contribution in [0.15, 0.2) is 48.5 Å². The van der Waals surface area contributed by atoms with Crippen molar-refractivity contribution >= 4 is 17.6 Å².